The van der Waals surface area contributed by atoms with Crippen LogP contribution in [0.2, 0.25) is 0 Å². The number of hydrogen-bond donors (Lipinski definition) is 0. The Kier molecular flexibility index (Phi) is 8.89. The number of rotatable bonds is 9. The average Bonchev–Trinajstić information content (AvgIpc) is 2.58. The molecule has 2 fully saturated rings. The van der Waals surface area contributed by atoms with Gasteiger partial charge in [-0.25, -0.2) is 0 Å². The quantitative estimate of drug-likeness (QED) is 0.428. The minimum absolute atomic E-state index is 0.589. The summed E-state index contributed by atoms with van der Waals surface area (Å²) in [7, 11) is 0. The molecule has 0 unspecified atom stereocenters. The van der Waals surface area contributed by atoms with Crippen molar-refractivity contribution in [1.82, 2.24) is 0 Å². The van der Waals surface area contributed by atoms with Gasteiger partial charge in [-0.2, -0.15) is 0 Å². The molecule has 0 aromatic heterocycles. The van der Waals surface area contributed by atoms with Crippen LogP contribution in [0.4, 0.5) is 0 Å². The minimum Gasteiger partial charge on any atom is -0.378 e. The van der Waals surface area contributed by atoms with Crippen molar-refractivity contribution in [2.75, 3.05) is 6.61 Å². The van der Waals surface area contributed by atoms with Gasteiger partial charge in [0.2, 0.25) is 0 Å². The summed E-state index contributed by atoms with van der Waals surface area (Å²) in [5.41, 5.74) is 0. The Bertz CT molecular complexity index is 259. The van der Waals surface area contributed by atoms with Crippen LogP contribution in [-0.4, -0.2) is 12.7 Å². The molecule has 0 spiro atoms. The fraction of sp³-hybridized carbons (Fsp3) is 1.00. The van der Waals surface area contributed by atoms with Crippen LogP contribution in [0, 0.1) is 17.8 Å². The summed E-state index contributed by atoms with van der Waals surface area (Å²) in [5.74, 6) is 3.15. The van der Waals surface area contributed by atoms with Gasteiger partial charge in [-0.1, -0.05) is 58.8 Å². The van der Waals surface area contributed by atoms with E-state index in [1.165, 1.54) is 89.9 Å². The summed E-state index contributed by atoms with van der Waals surface area (Å²) >= 11 is 0. The smallest absolute Gasteiger partial charge is 0.0575 e. The molecule has 130 valence electrons. The summed E-state index contributed by atoms with van der Waals surface area (Å²) in [5, 5.41) is 0. The topological polar surface area (TPSA) is 9.23 Å². The van der Waals surface area contributed by atoms with Gasteiger partial charge in [-0.15, -0.1) is 0 Å². The van der Waals surface area contributed by atoms with Crippen molar-refractivity contribution in [2.24, 2.45) is 17.8 Å². The molecule has 2 rings (SSSR count). The highest BCUT2D eigenvalue weighted by atomic mass is 16.5. The Hall–Kier alpha value is -0.0400. The minimum atomic E-state index is 0.589. The predicted octanol–water partition coefficient (Wildman–Crippen LogP) is 6.75. The van der Waals surface area contributed by atoms with E-state index in [0.29, 0.717) is 6.10 Å². The molecule has 22 heavy (non-hydrogen) atoms. The molecular formula is C21H40O. The van der Waals surface area contributed by atoms with E-state index in [0.717, 1.165) is 24.4 Å². The number of ether oxygens (including phenoxy) is 1. The van der Waals surface area contributed by atoms with Crippen LogP contribution in [0.5, 0.6) is 0 Å². The molecule has 0 heterocycles. The van der Waals surface area contributed by atoms with Crippen LogP contribution in [0.1, 0.15) is 104 Å². The second-order valence-electron chi connectivity index (χ2n) is 8.04. The third kappa shape index (κ3) is 6.22. The van der Waals surface area contributed by atoms with Crippen molar-refractivity contribution in [1.29, 1.82) is 0 Å². The molecule has 0 aromatic rings. The number of unbranched alkanes of at least 4 members (excludes halogenated alkanes) is 3. The Morgan fingerprint density at radius 2 is 1.32 bits per heavy atom. The molecule has 1 nitrogen and oxygen atoms in total. The van der Waals surface area contributed by atoms with Gasteiger partial charge < -0.3 is 4.74 Å². The van der Waals surface area contributed by atoms with E-state index >= 15 is 0 Å². The van der Waals surface area contributed by atoms with Crippen molar-refractivity contribution in [3.8, 4) is 0 Å². The molecule has 0 N–H and O–H groups in total. The summed E-state index contributed by atoms with van der Waals surface area (Å²) in [6.07, 6.45) is 20.7. The first-order valence-corrected chi connectivity index (χ1v) is 10.4. The van der Waals surface area contributed by atoms with Crippen LogP contribution in [0.15, 0.2) is 0 Å². The van der Waals surface area contributed by atoms with E-state index in [-0.39, 0.29) is 0 Å². The lowest BCUT2D eigenvalue weighted by Gasteiger charge is -2.37. The maximum absolute atomic E-state index is 5.95. The molecule has 2 saturated carbocycles. The van der Waals surface area contributed by atoms with Gasteiger partial charge in [0, 0.05) is 6.61 Å². The molecule has 0 aliphatic heterocycles. The Balaban J connectivity index is 1.57. The van der Waals surface area contributed by atoms with Gasteiger partial charge >= 0.3 is 0 Å². The maximum atomic E-state index is 5.95. The van der Waals surface area contributed by atoms with E-state index < -0.39 is 0 Å². The van der Waals surface area contributed by atoms with Gasteiger partial charge in [0.05, 0.1) is 6.10 Å². The zero-order valence-corrected chi connectivity index (χ0v) is 15.3. The molecule has 0 bridgehead atoms. The van der Waals surface area contributed by atoms with Gasteiger partial charge in [0.25, 0.3) is 0 Å². The van der Waals surface area contributed by atoms with E-state index in [9.17, 15) is 0 Å². The number of hydrogen-bond acceptors (Lipinski definition) is 1. The second kappa shape index (κ2) is 10.7. The van der Waals surface area contributed by atoms with Crippen molar-refractivity contribution in [2.45, 2.75) is 110 Å². The lowest BCUT2D eigenvalue weighted by molar-refractivity contribution is 0.00726. The normalized spacial score (nSPS) is 33.0. The lowest BCUT2D eigenvalue weighted by atomic mass is 9.70. The monoisotopic (exact) mass is 308 g/mol. The molecule has 0 saturated heterocycles. The summed E-state index contributed by atoms with van der Waals surface area (Å²) in [4.78, 5) is 0. The van der Waals surface area contributed by atoms with Gasteiger partial charge in [0.1, 0.15) is 0 Å². The first-order chi connectivity index (χ1) is 10.8. The molecule has 0 radical (unpaired) electrons. The van der Waals surface area contributed by atoms with Gasteiger partial charge in [-0.3, -0.25) is 0 Å². The van der Waals surface area contributed by atoms with E-state index in [2.05, 4.69) is 13.8 Å². The van der Waals surface area contributed by atoms with E-state index in [4.69, 9.17) is 4.74 Å². The molecule has 2 aliphatic carbocycles. The fourth-order valence-corrected chi connectivity index (χ4v) is 4.82. The Morgan fingerprint density at radius 1 is 0.682 bits per heavy atom. The van der Waals surface area contributed by atoms with Crippen molar-refractivity contribution >= 4 is 0 Å². The molecule has 0 aromatic carbocycles. The third-order valence-electron chi connectivity index (χ3n) is 6.30. The first kappa shape index (κ1) is 18.3. The maximum Gasteiger partial charge on any atom is 0.0575 e. The van der Waals surface area contributed by atoms with Crippen molar-refractivity contribution in [3.05, 3.63) is 0 Å². The molecule has 2 aliphatic rings. The second-order valence-corrected chi connectivity index (χ2v) is 8.04. The highest BCUT2D eigenvalue weighted by Crippen LogP contribution is 2.41. The van der Waals surface area contributed by atoms with Gasteiger partial charge in [0.15, 0.2) is 0 Å². The van der Waals surface area contributed by atoms with Crippen LogP contribution in [-0.2, 0) is 4.74 Å². The Labute approximate surface area is 139 Å². The highest BCUT2D eigenvalue weighted by molar-refractivity contribution is 4.82. The average molecular weight is 309 g/mol. The SMILES string of the molecule is CCCCCCC1CCC([C@H]2CC[C@H](OCCC)CC2)CC1. The zero-order valence-electron chi connectivity index (χ0n) is 15.3. The van der Waals surface area contributed by atoms with Crippen LogP contribution < -0.4 is 0 Å². The predicted molar refractivity (Wildman–Crippen MR) is 96.2 cm³/mol. The van der Waals surface area contributed by atoms with Crippen molar-refractivity contribution < 1.29 is 4.74 Å². The highest BCUT2D eigenvalue weighted by Gasteiger charge is 2.30. The first-order valence-electron chi connectivity index (χ1n) is 10.4. The summed E-state index contributed by atoms with van der Waals surface area (Å²) in [6.45, 7) is 5.50. The largest absolute Gasteiger partial charge is 0.378 e. The van der Waals surface area contributed by atoms with Gasteiger partial charge in [-0.05, 0) is 62.7 Å². The van der Waals surface area contributed by atoms with Crippen molar-refractivity contribution in [3.63, 3.8) is 0 Å². The van der Waals surface area contributed by atoms with Crippen LogP contribution >= 0.6 is 0 Å². The standard InChI is InChI=1S/C21H40O/c1-3-5-6-7-8-18-9-11-19(12-10-18)20-13-15-21(16-14-20)22-17-4-2/h18-21H,3-17H2,1-2H3/t18?,19?,20-,21-. The fourth-order valence-electron chi connectivity index (χ4n) is 4.82. The summed E-state index contributed by atoms with van der Waals surface area (Å²) < 4.78 is 5.95. The zero-order chi connectivity index (χ0) is 15.6. The third-order valence-corrected chi connectivity index (χ3v) is 6.30. The van der Waals surface area contributed by atoms with Crippen LogP contribution in [0.25, 0.3) is 0 Å². The van der Waals surface area contributed by atoms with E-state index in [1.54, 1.807) is 0 Å². The molecule has 0 atom stereocenters. The Morgan fingerprint density at radius 3 is 1.91 bits per heavy atom. The molecule has 1 heteroatoms. The molecular weight excluding hydrogens is 268 g/mol. The van der Waals surface area contributed by atoms with E-state index in [1.807, 2.05) is 0 Å². The lowest BCUT2D eigenvalue weighted by Crippen LogP contribution is -2.28. The summed E-state index contributed by atoms with van der Waals surface area (Å²) in [6, 6.07) is 0. The molecule has 0 amide bonds. The van der Waals surface area contributed by atoms with Crippen LogP contribution in [0.3, 0.4) is 0 Å².